The summed E-state index contributed by atoms with van der Waals surface area (Å²) in [4.78, 5) is 21.0. The first kappa shape index (κ1) is 26.0. The fraction of sp³-hybridized carbons (Fsp3) is 0.240. The van der Waals surface area contributed by atoms with Gasteiger partial charge >= 0.3 is 0 Å². The van der Waals surface area contributed by atoms with E-state index in [0.29, 0.717) is 22.3 Å². The number of hydrogen-bond donors (Lipinski definition) is 3. The molecule has 0 saturated carbocycles. The lowest BCUT2D eigenvalue weighted by Crippen LogP contribution is -2.40. The quantitative estimate of drug-likeness (QED) is 0.306. The second-order valence-electron chi connectivity index (χ2n) is 8.25. The van der Waals surface area contributed by atoms with Crippen molar-refractivity contribution in [3.8, 4) is 17.3 Å². The van der Waals surface area contributed by atoms with Crippen LogP contribution in [-0.4, -0.2) is 49.0 Å². The summed E-state index contributed by atoms with van der Waals surface area (Å²) in [6, 6.07) is 11.7. The van der Waals surface area contributed by atoms with Gasteiger partial charge in [-0.3, -0.25) is 4.79 Å². The summed E-state index contributed by atoms with van der Waals surface area (Å²) in [5.41, 5.74) is -0.362. The van der Waals surface area contributed by atoms with Crippen molar-refractivity contribution >= 4 is 17.2 Å². The molecule has 1 amide bonds. The van der Waals surface area contributed by atoms with Gasteiger partial charge in [-0.2, -0.15) is 10.4 Å². The molecule has 4 aromatic rings. The van der Waals surface area contributed by atoms with Crippen molar-refractivity contribution in [1.82, 2.24) is 25.1 Å². The maximum atomic E-state index is 15.0. The summed E-state index contributed by atoms with van der Waals surface area (Å²) in [5.74, 6) is -3.40. The zero-order valence-electron chi connectivity index (χ0n) is 19.6. The van der Waals surface area contributed by atoms with Gasteiger partial charge in [0.1, 0.15) is 23.6 Å². The number of carbonyl (C=O) groups excluding carboxylic acids is 1. The van der Waals surface area contributed by atoms with Crippen LogP contribution in [0.15, 0.2) is 54.2 Å². The molecule has 0 aliphatic heterocycles. The summed E-state index contributed by atoms with van der Waals surface area (Å²) in [5, 5.41) is 38.7. The number of amides is 1. The van der Waals surface area contributed by atoms with E-state index in [2.05, 4.69) is 26.5 Å². The first-order valence-electron chi connectivity index (χ1n) is 11.2. The minimum absolute atomic E-state index is 0.0177. The molecule has 2 aromatic carbocycles. The van der Waals surface area contributed by atoms with E-state index in [1.807, 2.05) is 0 Å². The number of thiazole rings is 1. The average molecular weight is 525 g/mol. The smallest absolute Gasteiger partial charge is 0.288 e. The summed E-state index contributed by atoms with van der Waals surface area (Å²) in [7, 11) is 0. The molecule has 2 heterocycles. The molecule has 0 aliphatic rings. The van der Waals surface area contributed by atoms with Gasteiger partial charge in [0.2, 0.25) is 5.82 Å². The predicted molar refractivity (Wildman–Crippen MR) is 130 cm³/mol. The number of hydrogen-bond acceptors (Lipinski definition) is 8. The van der Waals surface area contributed by atoms with E-state index in [1.165, 1.54) is 11.3 Å². The zero-order chi connectivity index (χ0) is 26.6. The van der Waals surface area contributed by atoms with Gasteiger partial charge in [0.25, 0.3) is 5.91 Å². The van der Waals surface area contributed by atoms with Crippen LogP contribution in [0.4, 0.5) is 8.78 Å². The summed E-state index contributed by atoms with van der Waals surface area (Å²) >= 11 is 1.24. The molecule has 0 bridgehead atoms. The Morgan fingerprint density at radius 3 is 2.70 bits per heavy atom. The first-order valence-corrected chi connectivity index (χ1v) is 12.1. The normalized spacial score (nSPS) is 13.5. The Labute approximate surface area is 214 Å². The topological polar surface area (TPSA) is 137 Å². The lowest BCUT2D eigenvalue weighted by molar-refractivity contribution is -0.0117. The van der Waals surface area contributed by atoms with Crippen molar-refractivity contribution in [3.63, 3.8) is 0 Å². The number of nitriles is 1. The van der Waals surface area contributed by atoms with Crippen molar-refractivity contribution in [3.05, 3.63) is 87.8 Å². The number of halogens is 2. The fourth-order valence-corrected chi connectivity index (χ4v) is 4.84. The maximum absolute atomic E-state index is 15.0. The average Bonchev–Trinajstić information content (AvgIpc) is 3.57. The van der Waals surface area contributed by atoms with Gasteiger partial charge in [-0.05, 0) is 18.2 Å². The first-order chi connectivity index (χ1) is 17.8. The lowest BCUT2D eigenvalue weighted by Gasteiger charge is -2.34. The van der Waals surface area contributed by atoms with Crippen LogP contribution in [0.1, 0.15) is 39.6 Å². The van der Waals surface area contributed by atoms with Crippen LogP contribution in [0.5, 0.6) is 0 Å². The molecule has 0 aliphatic carbocycles. The number of aromatic nitrogens is 4. The number of nitrogens with zero attached hydrogens (tertiary/aromatic N) is 5. The van der Waals surface area contributed by atoms with E-state index in [-0.39, 0.29) is 24.5 Å². The monoisotopic (exact) mass is 524 g/mol. The molecule has 2 atom stereocenters. The van der Waals surface area contributed by atoms with Crippen LogP contribution in [0.25, 0.3) is 11.3 Å². The number of aliphatic hydroxyl groups is 2. The molecule has 0 saturated heterocycles. The molecule has 0 unspecified atom stereocenters. The number of nitrogens with one attached hydrogen (secondary N) is 1. The van der Waals surface area contributed by atoms with Crippen molar-refractivity contribution in [2.24, 2.45) is 0 Å². The van der Waals surface area contributed by atoms with E-state index in [9.17, 15) is 14.3 Å². The second-order valence-corrected chi connectivity index (χ2v) is 9.14. The van der Waals surface area contributed by atoms with Gasteiger partial charge in [0, 0.05) is 35.0 Å². The molecule has 0 fully saturated rings. The van der Waals surface area contributed by atoms with Crippen molar-refractivity contribution in [2.45, 2.75) is 25.0 Å². The van der Waals surface area contributed by atoms with Gasteiger partial charge in [-0.1, -0.05) is 25.1 Å². The van der Waals surface area contributed by atoms with Crippen molar-refractivity contribution < 1.29 is 23.8 Å². The van der Waals surface area contributed by atoms with Crippen LogP contribution < -0.4 is 5.32 Å². The highest BCUT2D eigenvalue weighted by Gasteiger charge is 2.42. The third-order valence-corrected chi connectivity index (χ3v) is 6.95. The molecular weight excluding hydrogens is 502 g/mol. The molecule has 3 N–H and O–H groups in total. The lowest BCUT2D eigenvalue weighted by atomic mass is 9.82. The van der Waals surface area contributed by atoms with Gasteiger partial charge in [0.15, 0.2) is 0 Å². The van der Waals surface area contributed by atoms with Gasteiger partial charge in [-0.15, -0.1) is 11.3 Å². The third-order valence-electron chi connectivity index (χ3n) is 5.92. The van der Waals surface area contributed by atoms with Crippen molar-refractivity contribution in [2.75, 3.05) is 13.2 Å². The van der Waals surface area contributed by atoms with Crippen LogP contribution >= 0.6 is 11.3 Å². The Morgan fingerprint density at radius 1 is 1.27 bits per heavy atom. The number of rotatable bonds is 9. The number of aliphatic hydroxyl groups excluding tert-OH is 1. The highest BCUT2D eigenvalue weighted by molar-refractivity contribution is 7.10. The Hall–Kier alpha value is -4.05. The van der Waals surface area contributed by atoms with Crippen LogP contribution in [0, 0.1) is 23.0 Å². The van der Waals surface area contributed by atoms with E-state index < -0.39 is 35.6 Å². The Morgan fingerprint density at radius 2 is 2.03 bits per heavy atom. The standard InChI is InChI=1S/C25H22F2N6O3S/c1-15(24-32-21(12-37-24)17-4-2-16(11-28)3-5-17)25(36,19-7-6-18(26)10-20(19)27)13-33-22(30-14-31-33)23(35)29-8-9-34/h2-7,10,12,14-15,34,36H,8-9,13H2,1H3,(H,29,35)/t15-,25+/m0/s1. The van der Waals surface area contributed by atoms with Crippen molar-refractivity contribution in [1.29, 1.82) is 5.26 Å². The molecule has 4 rings (SSSR count). The minimum Gasteiger partial charge on any atom is -0.395 e. The molecule has 37 heavy (non-hydrogen) atoms. The highest BCUT2D eigenvalue weighted by Crippen LogP contribution is 2.41. The molecule has 12 heteroatoms. The zero-order valence-corrected chi connectivity index (χ0v) is 20.4. The van der Waals surface area contributed by atoms with E-state index in [1.54, 1.807) is 36.6 Å². The van der Waals surface area contributed by atoms with Gasteiger partial charge in [0.05, 0.1) is 35.5 Å². The highest BCUT2D eigenvalue weighted by atomic mass is 32.1. The van der Waals surface area contributed by atoms with Crippen LogP contribution in [0.2, 0.25) is 0 Å². The Balaban J connectivity index is 1.73. The molecule has 0 spiro atoms. The summed E-state index contributed by atoms with van der Waals surface area (Å²) in [6.07, 6.45) is 1.12. The molecule has 2 aromatic heterocycles. The SMILES string of the molecule is C[C@@H](c1nc(-c2ccc(C#N)cc2)cs1)[C@](O)(Cn1ncnc1C(=O)NCCO)c1ccc(F)cc1F. The predicted octanol–water partition coefficient (Wildman–Crippen LogP) is 2.97. The van der Waals surface area contributed by atoms with Crippen LogP contribution in [-0.2, 0) is 12.1 Å². The number of carbonyl (C=O) groups is 1. The fourth-order valence-electron chi connectivity index (χ4n) is 3.87. The molecule has 190 valence electrons. The Bertz CT molecular complexity index is 1450. The maximum Gasteiger partial charge on any atom is 0.288 e. The summed E-state index contributed by atoms with van der Waals surface area (Å²) in [6.45, 7) is 0.945. The minimum atomic E-state index is -2.02. The van der Waals surface area contributed by atoms with Crippen LogP contribution in [0.3, 0.4) is 0 Å². The largest absolute Gasteiger partial charge is 0.395 e. The van der Waals surface area contributed by atoms with Gasteiger partial charge < -0.3 is 15.5 Å². The molecule has 9 nitrogen and oxygen atoms in total. The van der Waals surface area contributed by atoms with Gasteiger partial charge in [-0.25, -0.2) is 23.4 Å². The third kappa shape index (κ3) is 5.39. The molecular formula is C25H22F2N6O3S. The Kier molecular flexibility index (Phi) is 7.68. The van der Waals surface area contributed by atoms with E-state index >= 15 is 4.39 Å². The van der Waals surface area contributed by atoms with E-state index in [0.717, 1.165) is 28.7 Å². The summed E-state index contributed by atoms with van der Waals surface area (Å²) < 4.78 is 29.9. The number of benzene rings is 2. The second kappa shape index (κ2) is 10.9. The van der Waals surface area contributed by atoms with E-state index in [4.69, 9.17) is 10.4 Å². The molecule has 0 radical (unpaired) electrons.